The third kappa shape index (κ3) is 5.29. The van der Waals surface area contributed by atoms with E-state index in [2.05, 4.69) is 0 Å². The quantitative estimate of drug-likeness (QED) is 0.842. The highest BCUT2D eigenvalue weighted by atomic mass is 16.5. The monoisotopic (exact) mass is 361 g/mol. The summed E-state index contributed by atoms with van der Waals surface area (Å²) in [4.78, 5) is 25.2. The summed E-state index contributed by atoms with van der Waals surface area (Å²) in [5.74, 6) is -0.870. The van der Waals surface area contributed by atoms with Gasteiger partial charge in [0.2, 0.25) is 5.91 Å². The van der Waals surface area contributed by atoms with E-state index in [0.29, 0.717) is 26.1 Å². The third-order valence-electron chi connectivity index (χ3n) is 5.14. The number of aromatic carboxylic acids is 1. The lowest BCUT2D eigenvalue weighted by Gasteiger charge is -2.33. The number of ether oxygens (including phenoxy) is 2. The maximum absolute atomic E-state index is 12.4. The van der Waals surface area contributed by atoms with Gasteiger partial charge in [-0.15, -0.1) is 0 Å². The molecule has 0 radical (unpaired) electrons. The van der Waals surface area contributed by atoms with Crippen LogP contribution in [-0.4, -0.2) is 60.4 Å². The Labute approximate surface area is 154 Å². The van der Waals surface area contributed by atoms with Gasteiger partial charge in [-0.25, -0.2) is 4.79 Å². The van der Waals surface area contributed by atoms with Crippen molar-refractivity contribution in [1.82, 2.24) is 4.90 Å². The van der Waals surface area contributed by atoms with Gasteiger partial charge in [-0.2, -0.15) is 0 Å². The number of carbonyl (C=O) groups is 2. The van der Waals surface area contributed by atoms with Crippen molar-refractivity contribution >= 4 is 11.9 Å². The van der Waals surface area contributed by atoms with Crippen LogP contribution in [0, 0.1) is 0 Å². The van der Waals surface area contributed by atoms with E-state index in [9.17, 15) is 9.59 Å². The molecule has 6 nitrogen and oxygen atoms in total. The Hall–Kier alpha value is -1.92. The number of hydrogen-bond donors (Lipinski definition) is 1. The molecule has 1 unspecified atom stereocenters. The highest BCUT2D eigenvalue weighted by molar-refractivity contribution is 5.87. The van der Waals surface area contributed by atoms with Crippen LogP contribution >= 0.6 is 0 Å². The number of likely N-dealkylation sites (tertiary alicyclic amines) is 1. The van der Waals surface area contributed by atoms with Gasteiger partial charge in [0.15, 0.2) is 0 Å². The minimum absolute atomic E-state index is 0.0853. The number of benzene rings is 1. The van der Waals surface area contributed by atoms with E-state index >= 15 is 0 Å². The summed E-state index contributed by atoms with van der Waals surface area (Å²) in [5, 5.41) is 8.92. The van der Waals surface area contributed by atoms with Crippen molar-refractivity contribution in [3.63, 3.8) is 0 Å². The first kappa shape index (κ1) is 18.9. The average molecular weight is 361 g/mol. The van der Waals surface area contributed by atoms with Gasteiger partial charge in [-0.3, -0.25) is 4.79 Å². The molecule has 0 saturated carbocycles. The van der Waals surface area contributed by atoms with Crippen LogP contribution in [0.15, 0.2) is 24.3 Å². The molecule has 1 atom stereocenters. The van der Waals surface area contributed by atoms with Crippen molar-refractivity contribution in [1.29, 1.82) is 0 Å². The zero-order valence-electron chi connectivity index (χ0n) is 15.1. The van der Waals surface area contributed by atoms with E-state index < -0.39 is 5.97 Å². The highest BCUT2D eigenvalue weighted by Crippen LogP contribution is 2.18. The van der Waals surface area contributed by atoms with E-state index in [0.717, 1.165) is 37.9 Å². The maximum Gasteiger partial charge on any atom is 0.335 e. The summed E-state index contributed by atoms with van der Waals surface area (Å²) in [7, 11) is 0. The molecule has 2 aliphatic heterocycles. The van der Waals surface area contributed by atoms with Crippen molar-refractivity contribution < 1.29 is 24.2 Å². The highest BCUT2D eigenvalue weighted by Gasteiger charge is 2.24. The van der Waals surface area contributed by atoms with E-state index in [-0.39, 0.29) is 23.7 Å². The topological polar surface area (TPSA) is 76.1 Å². The van der Waals surface area contributed by atoms with Gasteiger partial charge in [0.05, 0.1) is 30.8 Å². The van der Waals surface area contributed by atoms with Gasteiger partial charge in [-0.05, 0) is 49.8 Å². The lowest BCUT2D eigenvalue weighted by Crippen LogP contribution is -2.42. The van der Waals surface area contributed by atoms with Crippen LogP contribution in [0.3, 0.4) is 0 Å². The molecule has 26 heavy (non-hydrogen) atoms. The Kier molecular flexibility index (Phi) is 6.63. The van der Waals surface area contributed by atoms with E-state index in [1.165, 1.54) is 6.42 Å². The number of piperidine rings is 1. The first-order chi connectivity index (χ1) is 12.6. The number of carbonyl (C=O) groups excluding carboxylic acids is 1. The number of carboxylic acids is 1. The molecule has 0 bridgehead atoms. The zero-order valence-corrected chi connectivity index (χ0v) is 15.1. The number of rotatable bonds is 6. The Morgan fingerprint density at radius 2 is 1.85 bits per heavy atom. The van der Waals surface area contributed by atoms with Gasteiger partial charge in [0.25, 0.3) is 0 Å². The van der Waals surface area contributed by atoms with Crippen LogP contribution in [0.5, 0.6) is 0 Å². The summed E-state index contributed by atoms with van der Waals surface area (Å²) in [6.07, 6.45) is 5.91. The van der Waals surface area contributed by atoms with E-state index in [1.54, 1.807) is 24.3 Å². The minimum atomic E-state index is -0.955. The molecule has 2 fully saturated rings. The lowest BCUT2D eigenvalue weighted by molar-refractivity contribution is -0.134. The van der Waals surface area contributed by atoms with Gasteiger partial charge in [0, 0.05) is 19.7 Å². The number of hydrogen-bond acceptors (Lipinski definition) is 4. The Morgan fingerprint density at radius 3 is 2.46 bits per heavy atom. The Balaban J connectivity index is 1.39. The molecule has 0 spiro atoms. The summed E-state index contributed by atoms with van der Waals surface area (Å²) in [6.45, 7) is 2.92. The molecule has 3 rings (SSSR count). The van der Waals surface area contributed by atoms with Crippen molar-refractivity contribution in [3.8, 4) is 0 Å². The smallest absolute Gasteiger partial charge is 0.335 e. The molecule has 0 aromatic heterocycles. The molecule has 2 heterocycles. The standard InChI is InChI=1S/C20H27NO5/c22-19(13-15-4-6-16(7-5-15)20(23)24)21-10-8-17(9-11-21)26-14-18-3-1-2-12-25-18/h4-7,17-18H,1-3,8-14H2,(H,23,24). The summed E-state index contributed by atoms with van der Waals surface area (Å²) in [5.41, 5.74) is 1.08. The number of amides is 1. The summed E-state index contributed by atoms with van der Waals surface area (Å²) >= 11 is 0. The fraction of sp³-hybridized carbons (Fsp3) is 0.600. The van der Waals surface area contributed by atoms with Crippen LogP contribution in [0.25, 0.3) is 0 Å². The van der Waals surface area contributed by atoms with Crippen LogP contribution in [0.2, 0.25) is 0 Å². The first-order valence-corrected chi connectivity index (χ1v) is 9.45. The van der Waals surface area contributed by atoms with Crippen LogP contribution in [-0.2, 0) is 20.7 Å². The predicted octanol–water partition coefficient (Wildman–Crippen LogP) is 2.50. The number of nitrogens with zero attached hydrogens (tertiary/aromatic N) is 1. The first-order valence-electron chi connectivity index (χ1n) is 9.45. The average Bonchev–Trinajstić information content (AvgIpc) is 2.68. The second-order valence-corrected chi connectivity index (χ2v) is 7.08. The molecular weight excluding hydrogens is 334 g/mol. The number of carboxylic acid groups (broad SMARTS) is 1. The molecule has 1 aromatic rings. The maximum atomic E-state index is 12.4. The molecule has 6 heteroatoms. The molecule has 2 saturated heterocycles. The van der Waals surface area contributed by atoms with Crippen LogP contribution < -0.4 is 0 Å². The van der Waals surface area contributed by atoms with Crippen LogP contribution in [0.4, 0.5) is 0 Å². The molecule has 142 valence electrons. The zero-order chi connectivity index (χ0) is 18.4. The SMILES string of the molecule is O=C(O)c1ccc(CC(=O)N2CCC(OCC3CCCCO3)CC2)cc1. The minimum Gasteiger partial charge on any atom is -0.478 e. The second-order valence-electron chi connectivity index (χ2n) is 7.08. The Morgan fingerprint density at radius 1 is 1.12 bits per heavy atom. The largest absolute Gasteiger partial charge is 0.478 e. The van der Waals surface area contributed by atoms with Crippen molar-refractivity contribution in [3.05, 3.63) is 35.4 Å². The Bertz CT molecular complexity index is 601. The van der Waals surface area contributed by atoms with Crippen molar-refractivity contribution in [2.24, 2.45) is 0 Å². The fourth-order valence-corrected chi connectivity index (χ4v) is 3.51. The normalized spacial score (nSPS) is 21.5. The lowest BCUT2D eigenvalue weighted by atomic mass is 10.0. The van der Waals surface area contributed by atoms with Crippen LogP contribution in [0.1, 0.15) is 48.0 Å². The van der Waals surface area contributed by atoms with Gasteiger partial charge in [0.1, 0.15) is 0 Å². The van der Waals surface area contributed by atoms with Crippen molar-refractivity contribution in [2.75, 3.05) is 26.3 Å². The second kappa shape index (κ2) is 9.14. The van der Waals surface area contributed by atoms with E-state index in [1.807, 2.05) is 4.90 Å². The molecule has 2 aliphatic rings. The van der Waals surface area contributed by atoms with Gasteiger partial charge in [-0.1, -0.05) is 12.1 Å². The molecule has 1 aromatic carbocycles. The summed E-state index contributed by atoms with van der Waals surface area (Å²) < 4.78 is 11.7. The third-order valence-corrected chi connectivity index (χ3v) is 5.14. The predicted molar refractivity (Wildman–Crippen MR) is 96.3 cm³/mol. The van der Waals surface area contributed by atoms with Crippen molar-refractivity contribution in [2.45, 2.75) is 50.7 Å². The molecular formula is C20H27NO5. The summed E-state index contributed by atoms with van der Waals surface area (Å²) in [6, 6.07) is 6.50. The molecule has 0 aliphatic carbocycles. The van der Waals surface area contributed by atoms with Gasteiger partial charge >= 0.3 is 5.97 Å². The molecule has 1 N–H and O–H groups in total. The molecule has 1 amide bonds. The fourth-order valence-electron chi connectivity index (χ4n) is 3.51. The van der Waals surface area contributed by atoms with E-state index in [4.69, 9.17) is 14.6 Å². The van der Waals surface area contributed by atoms with Gasteiger partial charge < -0.3 is 19.5 Å².